The summed E-state index contributed by atoms with van der Waals surface area (Å²) >= 11 is 11.1. The summed E-state index contributed by atoms with van der Waals surface area (Å²) in [5.74, 6) is 0.555. The number of alkyl halides is 1. The largest absolute Gasteiger partial charge is 0.122 e. The van der Waals surface area contributed by atoms with Gasteiger partial charge in [-0.3, -0.25) is 0 Å². The van der Waals surface area contributed by atoms with E-state index in [1.54, 1.807) is 11.8 Å². The van der Waals surface area contributed by atoms with E-state index < -0.39 is 0 Å². The minimum atomic E-state index is 0.555. The Kier molecular flexibility index (Phi) is 4.33. The van der Waals surface area contributed by atoms with Gasteiger partial charge in [-0.2, -0.15) is 0 Å². The number of rotatable bonds is 3. The number of hydrogen-bond donors (Lipinski definition) is 0. The summed E-state index contributed by atoms with van der Waals surface area (Å²) in [4.78, 5) is 2.44. The molecule has 0 unspecified atom stereocenters. The summed E-state index contributed by atoms with van der Waals surface area (Å²) in [5.41, 5.74) is 1.18. The molecule has 0 amide bonds. The molecule has 0 saturated carbocycles. The quantitative estimate of drug-likeness (QED) is 0.689. The SMILES string of the molecule is ClCc1ccccc1Sc1ccc(Br)cc1. The Morgan fingerprint density at radius 2 is 1.69 bits per heavy atom. The summed E-state index contributed by atoms with van der Waals surface area (Å²) in [7, 11) is 0. The maximum absolute atomic E-state index is 5.90. The first-order chi connectivity index (χ1) is 7.79. The molecule has 0 fully saturated rings. The van der Waals surface area contributed by atoms with E-state index in [1.165, 1.54) is 15.4 Å². The second kappa shape index (κ2) is 5.76. The lowest BCUT2D eigenvalue weighted by molar-refractivity contribution is 1.25. The zero-order valence-corrected chi connectivity index (χ0v) is 11.6. The third kappa shape index (κ3) is 3.03. The smallest absolute Gasteiger partial charge is 0.0485 e. The molecular weight excluding hydrogens is 304 g/mol. The Morgan fingerprint density at radius 3 is 2.38 bits per heavy atom. The topological polar surface area (TPSA) is 0 Å². The first-order valence-corrected chi connectivity index (χ1v) is 7.01. The van der Waals surface area contributed by atoms with Gasteiger partial charge in [-0.05, 0) is 35.9 Å². The van der Waals surface area contributed by atoms with Crippen LogP contribution in [0.15, 0.2) is 62.8 Å². The third-order valence-electron chi connectivity index (χ3n) is 2.16. The van der Waals surface area contributed by atoms with E-state index in [9.17, 15) is 0 Å². The van der Waals surface area contributed by atoms with Crippen molar-refractivity contribution in [3.8, 4) is 0 Å². The standard InChI is InChI=1S/C13H10BrClS/c14-11-5-7-12(8-6-11)16-13-4-2-1-3-10(13)9-15/h1-8H,9H2. The molecule has 0 saturated heterocycles. The molecule has 0 spiro atoms. The monoisotopic (exact) mass is 312 g/mol. The van der Waals surface area contributed by atoms with Gasteiger partial charge >= 0.3 is 0 Å². The van der Waals surface area contributed by atoms with Crippen LogP contribution in [-0.2, 0) is 5.88 Å². The molecule has 16 heavy (non-hydrogen) atoms. The van der Waals surface area contributed by atoms with E-state index in [0.29, 0.717) is 5.88 Å². The third-order valence-corrected chi connectivity index (χ3v) is 4.10. The molecule has 2 aromatic rings. The van der Waals surface area contributed by atoms with Crippen molar-refractivity contribution in [3.05, 3.63) is 58.6 Å². The van der Waals surface area contributed by atoms with Crippen LogP contribution in [0.25, 0.3) is 0 Å². The molecule has 0 atom stereocenters. The average Bonchev–Trinajstić information content (AvgIpc) is 2.33. The van der Waals surface area contributed by atoms with Gasteiger partial charge in [0.2, 0.25) is 0 Å². The molecule has 3 heteroatoms. The van der Waals surface area contributed by atoms with Crippen LogP contribution in [0.5, 0.6) is 0 Å². The minimum absolute atomic E-state index is 0.555. The molecule has 0 heterocycles. The minimum Gasteiger partial charge on any atom is -0.122 e. The molecule has 82 valence electrons. The van der Waals surface area contributed by atoms with Gasteiger partial charge in [0.25, 0.3) is 0 Å². The van der Waals surface area contributed by atoms with Crippen LogP contribution < -0.4 is 0 Å². The van der Waals surface area contributed by atoms with Crippen LogP contribution in [0.1, 0.15) is 5.56 Å². The van der Waals surface area contributed by atoms with Gasteiger partial charge in [0, 0.05) is 20.1 Å². The maximum Gasteiger partial charge on any atom is 0.0485 e. The summed E-state index contributed by atoms with van der Waals surface area (Å²) in [6.45, 7) is 0. The van der Waals surface area contributed by atoms with E-state index >= 15 is 0 Å². The van der Waals surface area contributed by atoms with Crippen molar-refractivity contribution in [1.82, 2.24) is 0 Å². The van der Waals surface area contributed by atoms with Gasteiger partial charge in [-0.1, -0.05) is 45.9 Å². The van der Waals surface area contributed by atoms with Crippen LogP contribution in [0, 0.1) is 0 Å². The molecule has 0 aliphatic heterocycles. The lowest BCUT2D eigenvalue weighted by atomic mass is 10.2. The molecule has 0 bridgehead atoms. The summed E-state index contributed by atoms with van der Waals surface area (Å²) in [5, 5.41) is 0. The lowest BCUT2D eigenvalue weighted by Crippen LogP contribution is -1.82. The Hall–Kier alpha value is -0.440. The van der Waals surface area contributed by atoms with Crippen LogP contribution in [-0.4, -0.2) is 0 Å². The molecule has 2 aromatic carbocycles. The number of hydrogen-bond acceptors (Lipinski definition) is 1. The molecule has 2 rings (SSSR count). The van der Waals surface area contributed by atoms with Gasteiger partial charge in [0.1, 0.15) is 0 Å². The highest BCUT2D eigenvalue weighted by atomic mass is 79.9. The van der Waals surface area contributed by atoms with E-state index in [0.717, 1.165) is 4.47 Å². The van der Waals surface area contributed by atoms with Crippen LogP contribution >= 0.6 is 39.3 Å². The average molecular weight is 314 g/mol. The highest BCUT2D eigenvalue weighted by Gasteiger charge is 2.02. The highest BCUT2D eigenvalue weighted by molar-refractivity contribution is 9.10. The normalized spacial score (nSPS) is 10.4. The van der Waals surface area contributed by atoms with E-state index in [1.807, 2.05) is 24.3 Å². The molecule has 0 aliphatic rings. The second-order valence-electron chi connectivity index (χ2n) is 3.30. The van der Waals surface area contributed by atoms with Crippen molar-refractivity contribution in [1.29, 1.82) is 0 Å². The fraction of sp³-hybridized carbons (Fsp3) is 0.0769. The van der Waals surface area contributed by atoms with Crippen LogP contribution in [0.3, 0.4) is 0 Å². The Balaban J connectivity index is 2.23. The fourth-order valence-electron chi connectivity index (χ4n) is 1.34. The van der Waals surface area contributed by atoms with Gasteiger partial charge in [0.15, 0.2) is 0 Å². The highest BCUT2D eigenvalue weighted by Crippen LogP contribution is 2.31. The lowest BCUT2D eigenvalue weighted by Gasteiger charge is -2.06. The molecule has 0 N–H and O–H groups in total. The Bertz CT molecular complexity index is 468. The summed E-state index contributed by atoms with van der Waals surface area (Å²) in [6.07, 6.45) is 0. The molecule has 0 aromatic heterocycles. The number of benzene rings is 2. The zero-order valence-electron chi connectivity index (χ0n) is 8.49. The Morgan fingerprint density at radius 1 is 1.00 bits per heavy atom. The van der Waals surface area contributed by atoms with E-state index in [2.05, 4.69) is 40.2 Å². The van der Waals surface area contributed by atoms with Crippen molar-refractivity contribution < 1.29 is 0 Å². The zero-order chi connectivity index (χ0) is 11.4. The fourth-order valence-corrected chi connectivity index (χ4v) is 2.86. The molecule has 0 radical (unpaired) electrons. The van der Waals surface area contributed by atoms with Gasteiger partial charge in [0.05, 0.1) is 0 Å². The van der Waals surface area contributed by atoms with Crippen molar-refractivity contribution in [3.63, 3.8) is 0 Å². The van der Waals surface area contributed by atoms with Crippen molar-refractivity contribution in [2.75, 3.05) is 0 Å². The van der Waals surface area contributed by atoms with Gasteiger partial charge < -0.3 is 0 Å². The molecule has 0 aliphatic carbocycles. The summed E-state index contributed by atoms with van der Waals surface area (Å²) in [6, 6.07) is 16.5. The first kappa shape index (κ1) is 12.0. The number of halogens is 2. The second-order valence-corrected chi connectivity index (χ2v) is 5.60. The van der Waals surface area contributed by atoms with Crippen molar-refractivity contribution in [2.45, 2.75) is 15.7 Å². The van der Waals surface area contributed by atoms with Crippen LogP contribution in [0.4, 0.5) is 0 Å². The summed E-state index contributed by atoms with van der Waals surface area (Å²) < 4.78 is 1.10. The van der Waals surface area contributed by atoms with Gasteiger partial charge in [-0.25, -0.2) is 0 Å². The molecular formula is C13H10BrClS. The van der Waals surface area contributed by atoms with Gasteiger partial charge in [-0.15, -0.1) is 11.6 Å². The maximum atomic E-state index is 5.90. The van der Waals surface area contributed by atoms with Crippen molar-refractivity contribution in [2.24, 2.45) is 0 Å². The van der Waals surface area contributed by atoms with E-state index in [-0.39, 0.29) is 0 Å². The predicted molar refractivity (Wildman–Crippen MR) is 74.3 cm³/mol. The van der Waals surface area contributed by atoms with Crippen LogP contribution in [0.2, 0.25) is 0 Å². The van der Waals surface area contributed by atoms with E-state index in [4.69, 9.17) is 11.6 Å². The molecule has 0 nitrogen and oxygen atoms in total. The Labute approximate surface area is 113 Å². The first-order valence-electron chi connectivity index (χ1n) is 4.87. The van der Waals surface area contributed by atoms with Crippen molar-refractivity contribution >= 4 is 39.3 Å². The predicted octanol–water partition coefficient (Wildman–Crippen LogP) is 5.34.